The molecule has 232 valence electrons. The Hall–Kier alpha value is -5.62. The van der Waals surface area contributed by atoms with Crippen LogP contribution in [0.2, 0.25) is 0 Å². The zero-order valence-electron chi connectivity index (χ0n) is 24.7. The van der Waals surface area contributed by atoms with Crippen LogP contribution < -0.4 is 9.47 Å². The minimum atomic E-state index is -0.619. The predicted molar refractivity (Wildman–Crippen MR) is 181 cm³/mol. The lowest BCUT2D eigenvalue weighted by atomic mass is 9.67. The van der Waals surface area contributed by atoms with Crippen LogP contribution in [0.25, 0.3) is 21.9 Å². The average Bonchev–Trinajstić information content (AvgIpc) is 3.37. The second kappa shape index (κ2) is 14.0. The fourth-order valence-corrected chi connectivity index (χ4v) is 6.08. The van der Waals surface area contributed by atoms with E-state index in [0.717, 1.165) is 28.7 Å². The maximum atomic E-state index is 11.4. The van der Waals surface area contributed by atoms with Crippen molar-refractivity contribution in [2.45, 2.75) is 12.8 Å². The van der Waals surface area contributed by atoms with Gasteiger partial charge in [0, 0.05) is 12.2 Å². The highest BCUT2D eigenvalue weighted by Gasteiger charge is 2.46. The molecular weight excluding hydrogens is 576 g/mol. The van der Waals surface area contributed by atoms with Crippen LogP contribution in [-0.4, -0.2) is 38.4 Å². The summed E-state index contributed by atoms with van der Waals surface area (Å²) < 4.78 is 21.8. The van der Waals surface area contributed by atoms with Gasteiger partial charge in [-0.1, -0.05) is 93.4 Å². The molecule has 6 nitrogen and oxygen atoms in total. The van der Waals surface area contributed by atoms with Crippen molar-refractivity contribution < 1.29 is 28.5 Å². The van der Waals surface area contributed by atoms with E-state index < -0.39 is 17.4 Å². The fourth-order valence-electron chi connectivity index (χ4n) is 6.08. The minimum Gasteiger partial charge on any atom is -0.490 e. The molecule has 0 aromatic heterocycles. The van der Waals surface area contributed by atoms with E-state index >= 15 is 0 Å². The molecule has 0 unspecified atom stereocenters. The van der Waals surface area contributed by atoms with Crippen molar-refractivity contribution in [3.8, 4) is 22.6 Å². The maximum absolute atomic E-state index is 11.4. The molecular formula is C40H36O6. The number of rotatable bonds is 12. The number of hydrogen-bond donors (Lipinski definition) is 0. The lowest BCUT2D eigenvalue weighted by Gasteiger charge is -2.34. The first kappa shape index (κ1) is 31.8. The van der Waals surface area contributed by atoms with Crippen LogP contribution >= 0.6 is 0 Å². The number of fused-ring (bicyclic) bond motifs is 4. The van der Waals surface area contributed by atoms with Crippen molar-refractivity contribution in [2.75, 3.05) is 26.4 Å². The summed E-state index contributed by atoms with van der Waals surface area (Å²) >= 11 is 0. The molecule has 0 amide bonds. The zero-order valence-corrected chi connectivity index (χ0v) is 24.7. The van der Waals surface area contributed by atoms with Crippen molar-refractivity contribution in [1.29, 1.82) is 0 Å². The van der Waals surface area contributed by atoms with Crippen molar-refractivity contribution in [3.63, 3.8) is 0 Å². The van der Waals surface area contributed by atoms with Gasteiger partial charge in [-0.15, -0.1) is 0 Å². The summed E-state index contributed by atoms with van der Waals surface area (Å²) in [5.41, 5.74) is 6.30. The summed E-state index contributed by atoms with van der Waals surface area (Å²) in [6, 6.07) is 37.8. The molecule has 0 spiro atoms. The second-order valence-corrected chi connectivity index (χ2v) is 10.5. The van der Waals surface area contributed by atoms with E-state index in [0.29, 0.717) is 11.5 Å². The molecule has 5 aromatic carbocycles. The summed E-state index contributed by atoms with van der Waals surface area (Å²) in [4.78, 5) is 22.7. The van der Waals surface area contributed by atoms with Crippen molar-refractivity contribution in [1.82, 2.24) is 0 Å². The normalized spacial score (nSPS) is 12.2. The number of ether oxygens (including phenoxy) is 4. The van der Waals surface area contributed by atoms with Crippen LogP contribution in [0.4, 0.5) is 0 Å². The summed E-state index contributed by atoms with van der Waals surface area (Å²) in [5, 5.41) is 2.35. The van der Waals surface area contributed by atoms with Gasteiger partial charge in [0.1, 0.15) is 37.9 Å². The Labute approximate surface area is 269 Å². The molecule has 0 atom stereocenters. The Morgan fingerprint density at radius 1 is 0.565 bits per heavy atom. The zero-order chi connectivity index (χ0) is 31.2. The standard InChI is InChI=1S/C39H32O6.CH4/c1-3-37(40)44-23-21-42-31-17-13-29(14-18-31)39(30-15-19-32(20-16-30)43-22-24-45-38(41)4-2)35-12-8-7-11-33(35)34-25-27-9-5-6-10-28(27)26-36(34)39;/h3-20,25-26H,1-2,21-24H2;1H4. The van der Waals surface area contributed by atoms with Gasteiger partial charge in [-0.25, -0.2) is 9.59 Å². The summed E-state index contributed by atoms with van der Waals surface area (Å²) in [6.07, 6.45) is 2.27. The highest BCUT2D eigenvalue weighted by Crippen LogP contribution is 2.57. The first-order valence-corrected chi connectivity index (χ1v) is 14.7. The third-order valence-electron chi connectivity index (χ3n) is 8.01. The van der Waals surface area contributed by atoms with E-state index in [1.807, 2.05) is 24.3 Å². The highest BCUT2D eigenvalue weighted by atomic mass is 16.6. The largest absolute Gasteiger partial charge is 0.490 e. The second-order valence-electron chi connectivity index (χ2n) is 10.5. The van der Waals surface area contributed by atoms with Gasteiger partial charge in [0.05, 0.1) is 5.41 Å². The van der Waals surface area contributed by atoms with Crippen LogP contribution in [0.1, 0.15) is 29.7 Å². The molecule has 0 saturated heterocycles. The molecule has 6 rings (SSSR count). The summed E-state index contributed by atoms with van der Waals surface area (Å²) in [6.45, 7) is 7.56. The summed E-state index contributed by atoms with van der Waals surface area (Å²) in [7, 11) is 0. The van der Waals surface area contributed by atoms with Gasteiger partial charge in [-0.2, -0.15) is 0 Å². The number of carbonyl (C=O) groups is 2. The van der Waals surface area contributed by atoms with Gasteiger partial charge in [0.25, 0.3) is 0 Å². The van der Waals surface area contributed by atoms with Crippen molar-refractivity contribution >= 4 is 22.7 Å². The first-order valence-electron chi connectivity index (χ1n) is 14.7. The first-order chi connectivity index (χ1) is 22.0. The van der Waals surface area contributed by atoms with Gasteiger partial charge >= 0.3 is 11.9 Å². The van der Waals surface area contributed by atoms with Crippen LogP contribution in [0.15, 0.2) is 135 Å². The van der Waals surface area contributed by atoms with Gasteiger partial charge in [0.15, 0.2) is 0 Å². The summed E-state index contributed by atoms with van der Waals surface area (Å²) in [5.74, 6) is 0.396. The molecule has 0 heterocycles. The van der Waals surface area contributed by atoms with Crippen molar-refractivity contribution in [3.05, 3.63) is 157 Å². The van der Waals surface area contributed by atoms with E-state index in [-0.39, 0.29) is 33.9 Å². The molecule has 1 aliphatic rings. The number of esters is 2. The van der Waals surface area contributed by atoms with E-state index in [1.165, 1.54) is 27.6 Å². The monoisotopic (exact) mass is 612 g/mol. The lowest BCUT2D eigenvalue weighted by molar-refractivity contribution is -0.139. The van der Waals surface area contributed by atoms with Gasteiger partial charge in [-0.3, -0.25) is 0 Å². The van der Waals surface area contributed by atoms with Crippen molar-refractivity contribution in [2.24, 2.45) is 0 Å². The molecule has 46 heavy (non-hydrogen) atoms. The average molecular weight is 613 g/mol. The minimum absolute atomic E-state index is 0. The van der Waals surface area contributed by atoms with Gasteiger partial charge in [0.2, 0.25) is 0 Å². The Morgan fingerprint density at radius 3 is 1.57 bits per heavy atom. The molecule has 0 N–H and O–H groups in total. The molecule has 0 bridgehead atoms. The van der Waals surface area contributed by atoms with Gasteiger partial charge < -0.3 is 18.9 Å². The fraction of sp³-hybridized carbons (Fsp3) is 0.150. The molecule has 0 radical (unpaired) electrons. The van der Waals surface area contributed by atoms with E-state index in [2.05, 4.69) is 98.1 Å². The van der Waals surface area contributed by atoms with Crippen LogP contribution in [0.3, 0.4) is 0 Å². The predicted octanol–water partition coefficient (Wildman–Crippen LogP) is 8.06. The Morgan fingerprint density at radius 2 is 1.04 bits per heavy atom. The Bertz CT molecular complexity index is 1800. The quantitative estimate of drug-likeness (QED) is 0.0791. The third-order valence-corrected chi connectivity index (χ3v) is 8.01. The molecule has 6 heteroatoms. The number of hydrogen-bond acceptors (Lipinski definition) is 6. The van der Waals surface area contributed by atoms with E-state index in [9.17, 15) is 9.59 Å². The molecule has 0 aliphatic heterocycles. The van der Waals surface area contributed by atoms with Crippen LogP contribution in [0.5, 0.6) is 11.5 Å². The lowest BCUT2D eigenvalue weighted by Crippen LogP contribution is -2.28. The van der Waals surface area contributed by atoms with Crippen LogP contribution in [0, 0.1) is 0 Å². The number of benzene rings is 5. The van der Waals surface area contributed by atoms with E-state index in [1.54, 1.807) is 0 Å². The molecule has 0 fully saturated rings. The highest BCUT2D eigenvalue weighted by molar-refractivity contribution is 5.95. The van der Waals surface area contributed by atoms with E-state index in [4.69, 9.17) is 18.9 Å². The molecule has 1 aliphatic carbocycles. The Kier molecular flexibility index (Phi) is 9.67. The Balaban J connectivity index is 0.00000417. The number of carbonyl (C=O) groups excluding carboxylic acids is 2. The smallest absolute Gasteiger partial charge is 0.330 e. The third kappa shape index (κ3) is 6.02. The maximum Gasteiger partial charge on any atom is 0.330 e. The molecule has 5 aromatic rings. The van der Waals surface area contributed by atoms with Gasteiger partial charge in [-0.05, 0) is 80.6 Å². The van der Waals surface area contributed by atoms with Crippen LogP contribution in [-0.2, 0) is 24.5 Å². The topological polar surface area (TPSA) is 71.1 Å². The SMILES string of the molecule is C.C=CC(=O)OCCOc1ccc(C2(c3ccc(OCCOC(=O)C=C)cc3)c3ccccc3-c3cc4ccccc4cc32)cc1. The molecule has 0 saturated carbocycles.